The van der Waals surface area contributed by atoms with E-state index in [4.69, 9.17) is 0 Å². The molecule has 0 unspecified atom stereocenters. The van der Waals surface area contributed by atoms with Gasteiger partial charge in [-0.3, -0.25) is 20.2 Å². The summed E-state index contributed by atoms with van der Waals surface area (Å²) in [5, 5.41) is 12.5. The Balaban J connectivity index is 2.11. The van der Waals surface area contributed by atoms with E-state index in [1.165, 1.54) is 0 Å². The molecule has 21 heavy (non-hydrogen) atoms. The van der Waals surface area contributed by atoms with Gasteiger partial charge in [0, 0.05) is 5.56 Å². The first kappa shape index (κ1) is 14.9. The van der Waals surface area contributed by atoms with Crippen LogP contribution < -0.4 is 5.32 Å². The number of halogens is 3. The molecule has 2 aromatic rings. The highest BCUT2D eigenvalue weighted by molar-refractivity contribution is 7.18. The first-order valence-electron chi connectivity index (χ1n) is 5.36. The summed E-state index contributed by atoms with van der Waals surface area (Å²) in [7, 11) is 0. The molecule has 0 aliphatic carbocycles. The summed E-state index contributed by atoms with van der Waals surface area (Å²) in [5.74, 6) is -0.701. The molecule has 1 N–H and O–H groups in total. The number of rotatable bonds is 3. The molecule has 0 atom stereocenters. The first-order valence-corrected chi connectivity index (χ1v) is 6.18. The molecule has 0 aliphatic rings. The Morgan fingerprint density at radius 3 is 2.38 bits per heavy atom. The van der Waals surface area contributed by atoms with Crippen LogP contribution in [0.3, 0.4) is 0 Å². The number of hydrogen-bond acceptors (Lipinski definition) is 5. The van der Waals surface area contributed by atoms with Crippen LogP contribution in [0, 0.1) is 10.1 Å². The van der Waals surface area contributed by atoms with Gasteiger partial charge in [-0.05, 0) is 35.6 Å². The third-order valence-electron chi connectivity index (χ3n) is 2.37. The minimum Gasteiger partial charge on any atom is -0.298 e. The summed E-state index contributed by atoms with van der Waals surface area (Å²) in [6.45, 7) is 0. The van der Waals surface area contributed by atoms with Gasteiger partial charge in [-0.15, -0.1) is 0 Å². The van der Waals surface area contributed by atoms with Crippen molar-refractivity contribution in [1.82, 2.24) is 4.98 Å². The maximum atomic E-state index is 12.4. The molecule has 1 aromatic carbocycles. The van der Waals surface area contributed by atoms with E-state index >= 15 is 0 Å². The highest BCUT2D eigenvalue weighted by Crippen LogP contribution is 2.29. The maximum absolute atomic E-state index is 12.4. The van der Waals surface area contributed by atoms with E-state index in [0.717, 1.165) is 30.5 Å². The van der Waals surface area contributed by atoms with Gasteiger partial charge in [0.1, 0.15) is 6.20 Å². The summed E-state index contributed by atoms with van der Waals surface area (Å²) in [6.07, 6.45) is -3.50. The van der Waals surface area contributed by atoms with Gasteiger partial charge < -0.3 is 0 Å². The number of anilines is 1. The number of benzene rings is 1. The SMILES string of the molecule is O=C(Nc1ncc([N+](=O)[O-])s1)c1ccc(C(F)(F)F)cc1. The molecule has 0 radical (unpaired) electrons. The van der Waals surface area contributed by atoms with Crippen molar-refractivity contribution in [2.24, 2.45) is 0 Å². The quantitative estimate of drug-likeness (QED) is 0.695. The highest BCUT2D eigenvalue weighted by atomic mass is 32.1. The lowest BCUT2D eigenvalue weighted by Crippen LogP contribution is -2.12. The minimum absolute atomic E-state index is 0.00778. The van der Waals surface area contributed by atoms with Gasteiger partial charge in [-0.2, -0.15) is 13.2 Å². The largest absolute Gasteiger partial charge is 0.416 e. The zero-order valence-corrected chi connectivity index (χ0v) is 10.9. The average molecular weight is 317 g/mol. The van der Waals surface area contributed by atoms with Crippen molar-refractivity contribution in [3.63, 3.8) is 0 Å². The molecule has 1 heterocycles. The Morgan fingerprint density at radius 2 is 1.90 bits per heavy atom. The lowest BCUT2D eigenvalue weighted by Gasteiger charge is -2.07. The van der Waals surface area contributed by atoms with E-state index in [-0.39, 0.29) is 15.7 Å². The van der Waals surface area contributed by atoms with E-state index in [9.17, 15) is 28.1 Å². The Labute approximate surface area is 119 Å². The molecule has 0 saturated carbocycles. The Morgan fingerprint density at radius 1 is 1.29 bits per heavy atom. The predicted molar refractivity (Wildman–Crippen MR) is 68.2 cm³/mol. The van der Waals surface area contributed by atoms with Gasteiger partial charge in [0.2, 0.25) is 0 Å². The van der Waals surface area contributed by atoms with Gasteiger partial charge in [0.15, 0.2) is 5.13 Å². The van der Waals surface area contributed by atoms with Crippen molar-refractivity contribution < 1.29 is 22.9 Å². The normalized spacial score (nSPS) is 11.2. The number of carbonyl (C=O) groups is 1. The zero-order chi connectivity index (χ0) is 15.6. The molecule has 10 heteroatoms. The number of thiazole rings is 1. The zero-order valence-electron chi connectivity index (χ0n) is 10.0. The van der Waals surface area contributed by atoms with Crippen molar-refractivity contribution in [3.05, 3.63) is 51.7 Å². The average Bonchev–Trinajstić information content (AvgIpc) is 2.86. The van der Waals surface area contributed by atoms with E-state index in [0.29, 0.717) is 11.3 Å². The molecule has 6 nitrogen and oxygen atoms in total. The second-order valence-electron chi connectivity index (χ2n) is 3.79. The van der Waals surface area contributed by atoms with Crippen LogP contribution in [0.4, 0.5) is 23.3 Å². The molecule has 0 aliphatic heterocycles. The van der Waals surface area contributed by atoms with Crippen LogP contribution in [-0.4, -0.2) is 15.8 Å². The molecule has 0 fully saturated rings. The van der Waals surface area contributed by atoms with E-state index < -0.39 is 22.6 Å². The topological polar surface area (TPSA) is 85.1 Å². The van der Waals surface area contributed by atoms with Crippen molar-refractivity contribution >= 4 is 27.4 Å². The third kappa shape index (κ3) is 3.54. The van der Waals surface area contributed by atoms with Crippen LogP contribution in [0.25, 0.3) is 0 Å². The molecule has 0 saturated heterocycles. The van der Waals surface area contributed by atoms with Crippen LogP contribution in [0.1, 0.15) is 15.9 Å². The predicted octanol–water partition coefficient (Wildman–Crippen LogP) is 3.32. The van der Waals surface area contributed by atoms with Crippen molar-refractivity contribution in [2.45, 2.75) is 6.18 Å². The molecular weight excluding hydrogens is 311 g/mol. The summed E-state index contributed by atoms with van der Waals surface area (Å²) in [5.41, 5.74) is -0.884. The van der Waals surface area contributed by atoms with Crippen LogP contribution in [0.15, 0.2) is 30.5 Å². The van der Waals surface area contributed by atoms with Crippen LogP contribution in [-0.2, 0) is 6.18 Å². The molecule has 0 bridgehead atoms. The van der Waals surface area contributed by atoms with Gasteiger partial charge in [-0.25, -0.2) is 4.98 Å². The second-order valence-corrected chi connectivity index (χ2v) is 4.80. The lowest BCUT2D eigenvalue weighted by molar-refractivity contribution is -0.380. The fraction of sp³-hybridized carbons (Fsp3) is 0.0909. The number of amides is 1. The molecular formula is C11H6F3N3O3S. The van der Waals surface area contributed by atoms with Crippen LogP contribution in [0.5, 0.6) is 0 Å². The highest BCUT2D eigenvalue weighted by Gasteiger charge is 2.30. The monoisotopic (exact) mass is 317 g/mol. The fourth-order valence-electron chi connectivity index (χ4n) is 1.39. The molecule has 1 aromatic heterocycles. The molecule has 0 spiro atoms. The number of aromatic nitrogens is 1. The van der Waals surface area contributed by atoms with E-state index in [2.05, 4.69) is 10.3 Å². The summed E-state index contributed by atoms with van der Waals surface area (Å²) >= 11 is 0.649. The van der Waals surface area contributed by atoms with Crippen molar-refractivity contribution in [1.29, 1.82) is 0 Å². The summed E-state index contributed by atoms with van der Waals surface area (Å²) in [4.78, 5) is 25.2. The third-order valence-corrected chi connectivity index (χ3v) is 3.23. The fourth-order valence-corrected chi connectivity index (χ4v) is 2.01. The number of nitrogens with zero attached hydrogens (tertiary/aromatic N) is 2. The van der Waals surface area contributed by atoms with Gasteiger partial charge in [0.05, 0.1) is 10.5 Å². The number of carbonyl (C=O) groups excluding carboxylic acids is 1. The van der Waals surface area contributed by atoms with E-state index in [1.807, 2.05) is 0 Å². The van der Waals surface area contributed by atoms with Gasteiger partial charge in [-0.1, -0.05) is 0 Å². The second kappa shape index (κ2) is 5.48. The Kier molecular flexibility index (Phi) is 3.89. The van der Waals surface area contributed by atoms with Gasteiger partial charge in [0.25, 0.3) is 5.91 Å². The standard InChI is InChI=1S/C11H6F3N3O3S/c12-11(13,14)7-3-1-6(2-4-7)9(18)16-10-15-5-8(21-10)17(19)20/h1-5H,(H,15,16,18). The van der Waals surface area contributed by atoms with Crippen molar-refractivity contribution in [2.75, 3.05) is 5.32 Å². The summed E-state index contributed by atoms with van der Waals surface area (Å²) < 4.78 is 37.1. The number of nitrogens with one attached hydrogen (secondary N) is 1. The molecule has 2 rings (SSSR count). The lowest BCUT2D eigenvalue weighted by atomic mass is 10.1. The Hall–Kier alpha value is -2.49. The van der Waals surface area contributed by atoms with Gasteiger partial charge >= 0.3 is 11.2 Å². The smallest absolute Gasteiger partial charge is 0.298 e. The number of alkyl halides is 3. The van der Waals surface area contributed by atoms with Crippen LogP contribution >= 0.6 is 11.3 Å². The van der Waals surface area contributed by atoms with Crippen LogP contribution in [0.2, 0.25) is 0 Å². The molecule has 110 valence electrons. The maximum Gasteiger partial charge on any atom is 0.416 e. The summed E-state index contributed by atoms with van der Waals surface area (Å²) in [6, 6.07) is 3.58. The Bertz CT molecular complexity index is 682. The van der Waals surface area contributed by atoms with Crippen molar-refractivity contribution in [3.8, 4) is 0 Å². The van der Waals surface area contributed by atoms with E-state index in [1.54, 1.807) is 0 Å². The number of nitro groups is 1. The first-order chi connectivity index (χ1) is 9.77. The minimum atomic E-state index is -4.48. The molecule has 1 amide bonds. The number of hydrogen-bond donors (Lipinski definition) is 1.